The molecule has 2 aromatic rings. The van der Waals surface area contributed by atoms with E-state index >= 15 is 0 Å². The standard InChI is InChI=1S/C24H24BrNO4/c1-2-16-7-3-6-10-21(16)26-23(28)19-8-4-5-9-20(19)24(29)30-15-22(27)17-11-13-18(25)14-12-17/h3-7,10-14,19-20H,2,8-9,15H2,1H3,(H,26,28). The van der Waals surface area contributed by atoms with Crippen LogP contribution in [-0.2, 0) is 20.7 Å². The van der Waals surface area contributed by atoms with Gasteiger partial charge in [0.15, 0.2) is 12.4 Å². The molecular weight excluding hydrogens is 446 g/mol. The molecule has 1 aliphatic rings. The third-order valence-corrected chi connectivity index (χ3v) is 5.77. The minimum Gasteiger partial charge on any atom is -0.457 e. The second kappa shape index (κ2) is 10.3. The van der Waals surface area contributed by atoms with Gasteiger partial charge in [0.05, 0.1) is 11.8 Å². The fourth-order valence-corrected chi connectivity index (χ4v) is 3.77. The third-order valence-electron chi connectivity index (χ3n) is 5.24. The quantitative estimate of drug-likeness (QED) is 0.353. The van der Waals surface area contributed by atoms with Crippen LogP contribution in [0.4, 0.5) is 5.69 Å². The second-order valence-corrected chi connectivity index (χ2v) is 8.11. The van der Waals surface area contributed by atoms with Crippen molar-refractivity contribution < 1.29 is 19.1 Å². The fraction of sp³-hybridized carbons (Fsp3) is 0.292. The van der Waals surface area contributed by atoms with Gasteiger partial charge < -0.3 is 10.1 Å². The van der Waals surface area contributed by atoms with Crippen molar-refractivity contribution in [3.63, 3.8) is 0 Å². The number of ketones is 1. The molecule has 0 saturated heterocycles. The number of hydrogen-bond acceptors (Lipinski definition) is 4. The summed E-state index contributed by atoms with van der Waals surface area (Å²) in [5.74, 6) is -2.15. The Morgan fingerprint density at radius 1 is 1.00 bits per heavy atom. The molecule has 0 aromatic heterocycles. The van der Waals surface area contributed by atoms with Crippen molar-refractivity contribution in [1.29, 1.82) is 0 Å². The molecule has 1 amide bonds. The van der Waals surface area contributed by atoms with Gasteiger partial charge in [-0.25, -0.2) is 0 Å². The van der Waals surface area contributed by atoms with Crippen molar-refractivity contribution in [2.75, 3.05) is 11.9 Å². The lowest BCUT2D eigenvalue weighted by atomic mass is 9.82. The maximum atomic E-state index is 12.9. The average Bonchev–Trinajstić information content (AvgIpc) is 2.78. The first-order chi connectivity index (χ1) is 14.5. The molecule has 0 heterocycles. The number of carbonyl (C=O) groups is 3. The summed E-state index contributed by atoms with van der Waals surface area (Å²) in [5, 5.41) is 2.96. The van der Waals surface area contributed by atoms with Crippen LogP contribution < -0.4 is 5.32 Å². The summed E-state index contributed by atoms with van der Waals surface area (Å²) in [4.78, 5) is 37.9. The van der Waals surface area contributed by atoms with Crippen LogP contribution in [0.2, 0.25) is 0 Å². The highest BCUT2D eigenvalue weighted by atomic mass is 79.9. The van der Waals surface area contributed by atoms with Gasteiger partial charge in [-0.3, -0.25) is 14.4 Å². The highest BCUT2D eigenvalue weighted by Crippen LogP contribution is 2.29. The first-order valence-corrected chi connectivity index (χ1v) is 10.8. The SMILES string of the molecule is CCc1ccccc1NC(=O)C1CC=CCC1C(=O)OCC(=O)c1ccc(Br)cc1. The van der Waals surface area contributed by atoms with Gasteiger partial charge in [-0.2, -0.15) is 0 Å². The number of hydrogen-bond donors (Lipinski definition) is 1. The van der Waals surface area contributed by atoms with E-state index in [9.17, 15) is 14.4 Å². The maximum absolute atomic E-state index is 12.9. The van der Waals surface area contributed by atoms with Crippen LogP contribution in [0.25, 0.3) is 0 Å². The van der Waals surface area contributed by atoms with Crippen LogP contribution in [0.15, 0.2) is 65.2 Å². The first-order valence-electron chi connectivity index (χ1n) is 9.98. The highest BCUT2D eigenvalue weighted by molar-refractivity contribution is 9.10. The minimum atomic E-state index is -0.610. The van der Waals surface area contributed by atoms with Gasteiger partial charge in [-0.15, -0.1) is 0 Å². The molecule has 0 fully saturated rings. The Balaban J connectivity index is 1.63. The average molecular weight is 470 g/mol. The molecule has 2 atom stereocenters. The highest BCUT2D eigenvalue weighted by Gasteiger charge is 2.35. The van der Waals surface area contributed by atoms with E-state index in [0.717, 1.165) is 22.1 Å². The van der Waals surface area contributed by atoms with E-state index in [1.807, 2.05) is 43.3 Å². The number of esters is 1. The summed E-state index contributed by atoms with van der Waals surface area (Å²) in [6.07, 6.45) is 5.46. The monoisotopic (exact) mass is 469 g/mol. The molecule has 0 radical (unpaired) electrons. The van der Waals surface area contributed by atoms with Crippen molar-refractivity contribution >= 4 is 39.3 Å². The zero-order valence-corrected chi connectivity index (χ0v) is 18.4. The Morgan fingerprint density at radius 2 is 1.67 bits per heavy atom. The third kappa shape index (κ3) is 5.45. The normalized spacial score (nSPS) is 17.9. The molecule has 2 aromatic carbocycles. The number of carbonyl (C=O) groups excluding carboxylic acids is 3. The van der Waals surface area contributed by atoms with E-state index in [1.54, 1.807) is 24.3 Å². The zero-order valence-electron chi connectivity index (χ0n) is 16.8. The summed E-state index contributed by atoms with van der Waals surface area (Å²) in [6.45, 7) is 1.69. The van der Waals surface area contributed by atoms with Gasteiger partial charge in [-0.1, -0.05) is 65.3 Å². The number of nitrogens with one attached hydrogen (secondary N) is 1. The smallest absolute Gasteiger partial charge is 0.310 e. The van der Waals surface area contributed by atoms with Crippen molar-refractivity contribution in [2.24, 2.45) is 11.8 Å². The molecule has 1 N–H and O–H groups in total. The lowest BCUT2D eigenvalue weighted by molar-refractivity contribution is -0.151. The first kappa shape index (κ1) is 22.0. The Kier molecular flexibility index (Phi) is 7.57. The largest absolute Gasteiger partial charge is 0.457 e. The van der Waals surface area contributed by atoms with Crippen molar-refractivity contribution in [3.05, 3.63) is 76.3 Å². The Bertz CT molecular complexity index is 952. The van der Waals surface area contributed by atoms with Crippen molar-refractivity contribution in [1.82, 2.24) is 0 Å². The van der Waals surface area contributed by atoms with Gasteiger partial charge in [0.2, 0.25) is 5.91 Å². The zero-order chi connectivity index (χ0) is 21.5. The molecule has 1 aliphatic carbocycles. The topological polar surface area (TPSA) is 72.5 Å². The van der Waals surface area contributed by atoms with Crippen LogP contribution in [0.1, 0.15) is 35.7 Å². The summed E-state index contributed by atoms with van der Waals surface area (Å²) in [7, 11) is 0. The van der Waals surface area contributed by atoms with Crippen molar-refractivity contribution in [3.8, 4) is 0 Å². The molecule has 3 rings (SSSR count). The predicted molar refractivity (Wildman–Crippen MR) is 119 cm³/mol. The van der Waals surface area contributed by atoms with E-state index < -0.39 is 17.8 Å². The second-order valence-electron chi connectivity index (χ2n) is 7.19. The van der Waals surface area contributed by atoms with E-state index in [1.165, 1.54) is 0 Å². The number of Topliss-reactive ketones (excluding diaryl/α,β-unsaturated/α-hetero) is 1. The molecule has 0 spiro atoms. The summed E-state index contributed by atoms with van der Waals surface area (Å²) in [6, 6.07) is 14.5. The molecule has 0 aliphatic heterocycles. The van der Waals surface area contributed by atoms with E-state index in [-0.39, 0.29) is 18.3 Å². The van der Waals surface area contributed by atoms with Crippen molar-refractivity contribution in [2.45, 2.75) is 26.2 Å². The Hall–Kier alpha value is -2.73. The fourth-order valence-electron chi connectivity index (χ4n) is 3.50. The lowest BCUT2D eigenvalue weighted by Gasteiger charge is -2.26. The van der Waals surface area contributed by atoms with Gasteiger partial charge in [0.1, 0.15) is 0 Å². The Labute approximate surface area is 184 Å². The molecule has 0 saturated carbocycles. The number of anilines is 1. The summed E-state index contributed by atoms with van der Waals surface area (Å²) >= 11 is 3.32. The number of allylic oxidation sites excluding steroid dienone is 2. The van der Waals surface area contributed by atoms with Crippen LogP contribution in [-0.4, -0.2) is 24.3 Å². The maximum Gasteiger partial charge on any atom is 0.310 e. The summed E-state index contributed by atoms with van der Waals surface area (Å²) < 4.78 is 6.15. The van der Waals surface area contributed by atoms with Gasteiger partial charge in [0, 0.05) is 15.7 Å². The number of rotatable bonds is 7. The van der Waals surface area contributed by atoms with Crippen LogP contribution in [0, 0.1) is 11.8 Å². The van der Waals surface area contributed by atoms with Gasteiger partial charge in [0.25, 0.3) is 0 Å². The molecule has 0 bridgehead atoms. The van der Waals surface area contributed by atoms with Crippen LogP contribution in [0.5, 0.6) is 0 Å². The number of benzene rings is 2. The number of aryl methyl sites for hydroxylation is 1. The predicted octanol–water partition coefficient (Wildman–Crippen LogP) is 4.96. The van der Waals surface area contributed by atoms with E-state index in [0.29, 0.717) is 18.4 Å². The van der Waals surface area contributed by atoms with E-state index in [4.69, 9.17) is 4.74 Å². The number of amides is 1. The number of halogens is 1. The molecule has 2 unspecified atom stereocenters. The lowest BCUT2D eigenvalue weighted by Crippen LogP contribution is -2.36. The number of para-hydroxylation sites is 1. The summed E-state index contributed by atoms with van der Waals surface area (Å²) in [5.41, 5.74) is 2.27. The minimum absolute atomic E-state index is 0.207. The van der Waals surface area contributed by atoms with Gasteiger partial charge >= 0.3 is 5.97 Å². The molecule has 30 heavy (non-hydrogen) atoms. The van der Waals surface area contributed by atoms with Crippen LogP contribution >= 0.6 is 15.9 Å². The van der Waals surface area contributed by atoms with E-state index in [2.05, 4.69) is 21.2 Å². The number of ether oxygens (including phenoxy) is 1. The van der Waals surface area contributed by atoms with Crippen LogP contribution in [0.3, 0.4) is 0 Å². The molecule has 5 nitrogen and oxygen atoms in total. The van der Waals surface area contributed by atoms with Gasteiger partial charge in [-0.05, 0) is 43.0 Å². The molecular formula is C24H24BrNO4. The molecule has 156 valence electrons. The Morgan fingerprint density at radius 3 is 2.37 bits per heavy atom. The molecule has 6 heteroatoms.